The van der Waals surface area contributed by atoms with E-state index in [0.29, 0.717) is 30.5 Å². The normalized spacial score (nSPS) is 28.1. The summed E-state index contributed by atoms with van der Waals surface area (Å²) in [5.41, 5.74) is 4.19. The second kappa shape index (κ2) is 27.7. The zero-order valence-electron chi connectivity index (χ0n) is 52.4. The van der Waals surface area contributed by atoms with Gasteiger partial charge < -0.3 is 48.5 Å². The van der Waals surface area contributed by atoms with Crippen molar-refractivity contribution in [3.05, 3.63) is 105 Å². The van der Waals surface area contributed by atoms with Crippen LogP contribution < -0.4 is 18.9 Å². The molecule has 3 aromatic rings. The number of hydrogen-bond donors (Lipinski definition) is 3. The molecule has 0 aromatic heterocycles. The highest BCUT2D eigenvalue weighted by Crippen LogP contribution is 2.68. The second-order valence-corrected chi connectivity index (χ2v) is 27.2. The van der Waals surface area contributed by atoms with Gasteiger partial charge in [0.05, 0.1) is 40.2 Å². The van der Waals surface area contributed by atoms with Crippen molar-refractivity contribution < 1.29 is 63.0 Å². The average molecular weight is 1220 g/mol. The van der Waals surface area contributed by atoms with Gasteiger partial charge in [0.15, 0.2) is 23.0 Å². The highest BCUT2D eigenvalue weighted by molar-refractivity contribution is 5.66. The molecule has 2 saturated heterocycles. The Bertz CT molecular complexity index is 2980. The average Bonchev–Trinajstić information content (AvgIpc) is 1.67. The van der Waals surface area contributed by atoms with E-state index in [1.807, 2.05) is 12.1 Å². The molecule has 4 bridgehead atoms. The van der Waals surface area contributed by atoms with Crippen molar-refractivity contribution in [1.29, 1.82) is 0 Å². The lowest BCUT2D eigenvalue weighted by Gasteiger charge is -2.63. The standard InChI is InChI=1S/C32H45NO6.C21H25NO3.C18H27NO5/c1-3-4-5-6-7-8-9-18-36-30(34)38-21-37-25-13-12-24-19-26-32(35)15-14-22(2)29-31(32,27(24)28(25)39-29)16-17-33(26)20-23-10-11-23;1-12-6-7-21(24)16-10-14-4-5-15(23)18-17(14)20(21,19(12)25-18)8-9-22(16)11-13-2-3-13;1-2-3-4-5-6-7-8-9-10-15-23-18(20)24-17-13-11-16(12-14-17)19(21)22/h12-13,23,26,29,35H,2-11,14-21H2,1H3;4-5,13,16,19,23-24H,1-3,6-11H2;11-14H,2-10,15H2,1H3/t26?,29-,31-,32+;16?,19-,20-,21+;/m00./s1. The number of phenols is 1. The minimum Gasteiger partial charge on any atom is -0.504 e. The number of phenolic OH excluding ortho intramolecular Hbond substituents is 1. The van der Waals surface area contributed by atoms with E-state index in [1.165, 1.54) is 132 Å². The minimum atomic E-state index is -0.848. The Morgan fingerprint density at radius 2 is 1.08 bits per heavy atom. The van der Waals surface area contributed by atoms with Gasteiger partial charge in [0, 0.05) is 48.4 Å². The lowest BCUT2D eigenvalue weighted by Crippen LogP contribution is -2.75. The summed E-state index contributed by atoms with van der Waals surface area (Å²) in [6.45, 7) is 17.7. The van der Waals surface area contributed by atoms with Crippen molar-refractivity contribution in [3.63, 3.8) is 0 Å². The van der Waals surface area contributed by atoms with Crippen LogP contribution in [0, 0.1) is 22.0 Å². The molecule has 480 valence electrons. The van der Waals surface area contributed by atoms with Gasteiger partial charge in [-0.1, -0.05) is 129 Å². The third-order valence-electron chi connectivity index (χ3n) is 21.5. The Hall–Kier alpha value is -5.88. The van der Waals surface area contributed by atoms with Crippen LogP contribution in [0.1, 0.15) is 203 Å². The number of nitrogens with zero attached hydrogens (tertiary/aromatic N) is 3. The third kappa shape index (κ3) is 12.8. The van der Waals surface area contributed by atoms with Crippen LogP contribution >= 0.6 is 0 Å². The summed E-state index contributed by atoms with van der Waals surface area (Å²) in [7, 11) is 0. The van der Waals surface area contributed by atoms with E-state index in [-0.39, 0.29) is 48.3 Å². The van der Waals surface area contributed by atoms with Crippen LogP contribution in [0.4, 0.5) is 15.3 Å². The van der Waals surface area contributed by atoms with E-state index in [0.717, 1.165) is 144 Å². The van der Waals surface area contributed by atoms with E-state index >= 15 is 0 Å². The first-order valence-corrected chi connectivity index (χ1v) is 33.8. The zero-order valence-corrected chi connectivity index (χ0v) is 52.4. The Morgan fingerprint density at radius 1 is 0.614 bits per heavy atom. The molecule has 17 heteroatoms. The first-order valence-electron chi connectivity index (χ1n) is 33.8. The highest BCUT2D eigenvalue weighted by atomic mass is 16.8. The number of hydrogen-bond acceptors (Lipinski definition) is 16. The van der Waals surface area contributed by atoms with Gasteiger partial charge in [0.25, 0.3) is 5.69 Å². The number of nitro benzene ring substituents is 1. The summed E-state index contributed by atoms with van der Waals surface area (Å²) < 4.78 is 39.2. The number of ether oxygens (including phenoxy) is 7. The molecule has 0 radical (unpaired) electrons. The second-order valence-electron chi connectivity index (χ2n) is 27.2. The maximum absolute atomic E-state index is 12.5. The van der Waals surface area contributed by atoms with Crippen molar-refractivity contribution in [2.45, 2.75) is 240 Å². The summed E-state index contributed by atoms with van der Waals surface area (Å²) in [5.74, 6) is 3.89. The summed E-state index contributed by atoms with van der Waals surface area (Å²) in [6.07, 6.45) is 28.7. The lowest BCUT2D eigenvalue weighted by molar-refractivity contribution is -0.384. The van der Waals surface area contributed by atoms with Gasteiger partial charge >= 0.3 is 12.3 Å². The Balaban J connectivity index is 0.000000143. The molecule has 0 amide bonds. The van der Waals surface area contributed by atoms with Gasteiger partial charge in [-0.05, 0) is 161 Å². The summed E-state index contributed by atoms with van der Waals surface area (Å²) in [6, 6.07) is 13.4. The van der Waals surface area contributed by atoms with Gasteiger partial charge in [0.2, 0.25) is 6.79 Å². The number of carbonyl (C=O) groups excluding carboxylic acids is 2. The monoisotopic (exact) mass is 1220 g/mol. The first-order chi connectivity index (χ1) is 42.6. The van der Waals surface area contributed by atoms with E-state index in [2.05, 4.69) is 42.9 Å². The maximum atomic E-state index is 12.5. The molecule has 17 nitrogen and oxygen atoms in total. The Morgan fingerprint density at radius 3 is 1.58 bits per heavy atom. The number of carbonyl (C=O) groups is 2. The topological polar surface area (TPSA) is 209 Å². The molecule has 4 heterocycles. The molecule has 88 heavy (non-hydrogen) atoms. The summed E-state index contributed by atoms with van der Waals surface area (Å²) in [5, 5.41) is 45.5. The van der Waals surface area contributed by atoms with Crippen molar-refractivity contribution in [1.82, 2.24) is 9.80 Å². The fraction of sp³-hybridized carbons (Fsp3) is 0.662. The van der Waals surface area contributed by atoms with Crippen LogP contribution in [0.15, 0.2) is 72.8 Å². The van der Waals surface area contributed by atoms with E-state index in [4.69, 9.17) is 33.2 Å². The number of likely N-dealkylation sites (tertiary alicyclic amines) is 2. The number of non-ortho nitro benzene ring substituents is 1. The van der Waals surface area contributed by atoms with Gasteiger partial charge in [-0.2, -0.15) is 0 Å². The largest absolute Gasteiger partial charge is 0.513 e. The molecular weight excluding hydrogens is 1120 g/mol. The van der Waals surface area contributed by atoms with E-state index in [9.17, 15) is 35.0 Å². The molecule has 6 fully saturated rings. The molecule has 8 atom stereocenters. The molecule has 3 aromatic carbocycles. The van der Waals surface area contributed by atoms with Crippen LogP contribution in [0.3, 0.4) is 0 Å². The first kappa shape index (κ1) is 63.7. The number of nitro groups is 1. The quantitative estimate of drug-likeness (QED) is 0.0123. The molecule has 6 aliphatic carbocycles. The number of piperidine rings is 2. The Kier molecular flexibility index (Phi) is 20.0. The van der Waals surface area contributed by atoms with Gasteiger partial charge in [-0.25, -0.2) is 9.59 Å². The zero-order chi connectivity index (χ0) is 61.6. The van der Waals surface area contributed by atoms with Crippen LogP contribution in [0.2, 0.25) is 0 Å². The molecule has 13 rings (SSSR count). The minimum absolute atomic E-state index is 0.0505. The predicted octanol–water partition coefficient (Wildman–Crippen LogP) is 14.2. The number of benzene rings is 3. The maximum Gasteiger partial charge on any atom is 0.513 e. The fourth-order valence-electron chi connectivity index (χ4n) is 16.6. The molecule has 2 spiro atoms. The van der Waals surface area contributed by atoms with Crippen LogP contribution in [-0.2, 0) is 37.9 Å². The van der Waals surface area contributed by atoms with Crippen LogP contribution in [0.5, 0.6) is 28.7 Å². The van der Waals surface area contributed by atoms with Crippen molar-refractivity contribution in [3.8, 4) is 28.7 Å². The smallest absolute Gasteiger partial charge is 0.504 e. The van der Waals surface area contributed by atoms with Crippen molar-refractivity contribution in [2.24, 2.45) is 11.8 Å². The number of unbranched alkanes of at least 4 members (excludes halogenated alkanes) is 14. The number of aliphatic hydroxyl groups is 2. The van der Waals surface area contributed by atoms with Gasteiger partial charge in [-0.3, -0.25) is 19.9 Å². The SMILES string of the molecule is C=C1CC[C@@]2(O)C3Cc4ccc(O)c5c4[C@@]2(CCN3CC2CC2)[C@H]1O5.C=C1CC[C@@]2(O)C3Cc4ccc(OCOC(=O)OCCCCCCCCC)c5c4[C@@]2(CCN3CC2CC2)[C@H]1O5.CCCCCCCCCCCOC(=O)Oc1ccc([N+](=O)[O-])cc1. The fourth-order valence-corrected chi connectivity index (χ4v) is 16.6. The molecule has 4 saturated carbocycles. The van der Waals surface area contributed by atoms with Crippen LogP contribution in [0.25, 0.3) is 0 Å². The van der Waals surface area contributed by atoms with Crippen molar-refractivity contribution >= 4 is 18.0 Å². The van der Waals surface area contributed by atoms with Crippen LogP contribution in [-0.4, -0.2) is 124 Å². The molecule has 10 aliphatic rings. The van der Waals surface area contributed by atoms with Crippen molar-refractivity contribution in [2.75, 3.05) is 46.2 Å². The number of aromatic hydroxyl groups is 1. The highest BCUT2D eigenvalue weighted by Gasteiger charge is 2.73. The molecular formula is C71H97N3O14. The molecule has 3 N–H and O–H groups in total. The Labute approximate surface area is 520 Å². The number of rotatable bonds is 27. The third-order valence-corrected chi connectivity index (χ3v) is 21.5. The van der Waals surface area contributed by atoms with Gasteiger partial charge in [0.1, 0.15) is 18.0 Å². The summed E-state index contributed by atoms with van der Waals surface area (Å²) >= 11 is 0. The van der Waals surface area contributed by atoms with E-state index < -0.39 is 39.3 Å². The summed E-state index contributed by atoms with van der Waals surface area (Å²) in [4.78, 5) is 38.7. The van der Waals surface area contributed by atoms with Gasteiger partial charge in [-0.15, -0.1) is 0 Å². The molecule has 2 unspecified atom stereocenters. The van der Waals surface area contributed by atoms with E-state index in [1.54, 1.807) is 6.07 Å². The predicted molar refractivity (Wildman–Crippen MR) is 334 cm³/mol. The lowest BCUT2D eigenvalue weighted by atomic mass is 9.48. The molecule has 4 aliphatic heterocycles.